The summed E-state index contributed by atoms with van der Waals surface area (Å²) in [5, 5.41) is 0. The summed E-state index contributed by atoms with van der Waals surface area (Å²) < 4.78 is 36.3. The molecule has 1 heterocycles. The quantitative estimate of drug-likeness (QED) is 0.720. The maximum absolute atomic E-state index is 13.3. The second-order valence-corrected chi connectivity index (χ2v) is 3.42. The van der Waals surface area contributed by atoms with Crippen molar-refractivity contribution < 1.29 is 23.0 Å². The minimum absolute atomic E-state index is 0.0782. The maximum atomic E-state index is 13.3. The highest BCUT2D eigenvalue weighted by molar-refractivity contribution is 5.99. The van der Waals surface area contributed by atoms with Crippen LogP contribution in [0.25, 0.3) is 0 Å². The molecule has 1 aliphatic heterocycles. The molecule has 0 N–H and O–H groups in total. The van der Waals surface area contributed by atoms with Crippen molar-refractivity contribution in [3.63, 3.8) is 0 Å². The molecule has 1 atom stereocenters. The van der Waals surface area contributed by atoms with E-state index < -0.39 is 23.5 Å². The molecule has 1 aliphatic rings. The standard InChI is InChI=1S/C11H10F2O3/c12-7-1-2-9(13)8(5-7)11(14)10-6-15-3-4-16-10/h1-2,5,10H,3-4,6H2. The number of carbonyl (C=O) groups excluding carboxylic acids is 1. The number of ketones is 1. The third kappa shape index (κ3) is 2.25. The Morgan fingerprint density at radius 2 is 2.12 bits per heavy atom. The summed E-state index contributed by atoms with van der Waals surface area (Å²) >= 11 is 0. The van der Waals surface area contributed by atoms with E-state index in [2.05, 4.69) is 0 Å². The lowest BCUT2D eigenvalue weighted by Gasteiger charge is -2.21. The van der Waals surface area contributed by atoms with Crippen LogP contribution in [0.2, 0.25) is 0 Å². The fourth-order valence-electron chi connectivity index (χ4n) is 1.50. The minimum Gasteiger partial charge on any atom is -0.376 e. The van der Waals surface area contributed by atoms with E-state index in [1.165, 1.54) is 0 Å². The van der Waals surface area contributed by atoms with Gasteiger partial charge in [-0.05, 0) is 18.2 Å². The second-order valence-electron chi connectivity index (χ2n) is 3.42. The van der Waals surface area contributed by atoms with Gasteiger partial charge in [0, 0.05) is 0 Å². The summed E-state index contributed by atoms with van der Waals surface area (Å²) in [6.45, 7) is 0.775. The highest BCUT2D eigenvalue weighted by Crippen LogP contribution is 2.15. The highest BCUT2D eigenvalue weighted by atomic mass is 19.1. The zero-order chi connectivity index (χ0) is 11.5. The number of benzene rings is 1. The Labute approximate surface area is 91.0 Å². The molecular formula is C11H10F2O3. The average molecular weight is 228 g/mol. The van der Waals surface area contributed by atoms with E-state index in [0.29, 0.717) is 6.61 Å². The Morgan fingerprint density at radius 3 is 2.81 bits per heavy atom. The summed E-state index contributed by atoms with van der Waals surface area (Å²) in [6, 6.07) is 2.76. The van der Waals surface area contributed by atoms with Gasteiger partial charge in [-0.1, -0.05) is 0 Å². The first-order chi connectivity index (χ1) is 7.68. The molecule has 0 bridgehead atoms. The van der Waals surface area contributed by atoms with Gasteiger partial charge in [0.2, 0.25) is 0 Å². The third-order valence-corrected chi connectivity index (χ3v) is 2.30. The lowest BCUT2D eigenvalue weighted by atomic mass is 10.1. The van der Waals surface area contributed by atoms with E-state index in [-0.39, 0.29) is 18.8 Å². The van der Waals surface area contributed by atoms with E-state index in [0.717, 1.165) is 18.2 Å². The van der Waals surface area contributed by atoms with Crippen molar-refractivity contribution in [2.45, 2.75) is 6.10 Å². The van der Waals surface area contributed by atoms with Crippen LogP contribution in [0.1, 0.15) is 10.4 Å². The fourth-order valence-corrected chi connectivity index (χ4v) is 1.50. The lowest BCUT2D eigenvalue weighted by Crippen LogP contribution is -2.35. The maximum Gasteiger partial charge on any atom is 0.196 e. The van der Waals surface area contributed by atoms with Crippen LogP contribution in [-0.4, -0.2) is 31.7 Å². The molecule has 1 aromatic rings. The number of carbonyl (C=O) groups is 1. The van der Waals surface area contributed by atoms with Crippen molar-refractivity contribution in [3.05, 3.63) is 35.4 Å². The van der Waals surface area contributed by atoms with E-state index in [9.17, 15) is 13.6 Å². The van der Waals surface area contributed by atoms with Crippen molar-refractivity contribution in [1.29, 1.82) is 0 Å². The SMILES string of the molecule is O=C(c1cc(F)ccc1F)C1COCCO1. The molecule has 0 amide bonds. The van der Waals surface area contributed by atoms with Crippen molar-refractivity contribution in [3.8, 4) is 0 Å². The van der Waals surface area contributed by atoms with Crippen LogP contribution in [0, 0.1) is 11.6 Å². The molecule has 86 valence electrons. The molecule has 1 unspecified atom stereocenters. The summed E-state index contributed by atoms with van der Waals surface area (Å²) in [6.07, 6.45) is -0.843. The number of Topliss-reactive ketones (excluding diaryl/α,β-unsaturated/α-hetero) is 1. The average Bonchev–Trinajstić information content (AvgIpc) is 2.32. The summed E-state index contributed by atoms with van der Waals surface area (Å²) in [4.78, 5) is 11.8. The number of halogens is 2. The topological polar surface area (TPSA) is 35.5 Å². The summed E-state index contributed by atoms with van der Waals surface area (Å²) in [5.74, 6) is -1.99. The van der Waals surface area contributed by atoms with Crippen molar-refractivity contribution in [2.75, 3.05) is 19.8 Å². The van der Waals surface area contributed by atoms with Gasteiger partial charge in [0.25, 0.3) is 0 Å². The predicted molar refractivity (Wildman–Crippen MR) is 51.2 cm³/mol. The van der Waals surface area contributed by atoms with Gasteiger partial charge < -0.3 is 9.47 Å². The van der Waals surface area contributed by atoms with Crippen LogP contribution in [0.4, 0.5) is 8.78 Å². The van der Waals surface area contributed by atoms with E-state index in [1.807, 2.05) is 0 Å². The number of ether oxygens (including phenoxy) is 2. The lowest BCUT2D eigenvalue weighted by molar-refractivity contribution is -0.0720. The molecule has 1 fully saturated rings. The first-order valence-electron chi connectivity index (χ1n) is 4.87. The van der Waals surface area contributed by atoms with Crippen LogP contribution >= 0.6 is 0 Å². The number of hydrogen-bond acceptors (Lipinski definition) is 3. The van der Waals surface area contributed by atoms with Gasteiger partial charge in [-0.15, -0.1) is 0 Å². The molecular weight excluding hydrogens is 218 g/mol. The molecule has 2 rings (SSSR count). The molecule has 3 nitrogen and oxygen atoms in total. The molecule has 0 aromatic heterocycles. The van der Waals surface area contributed by atoms with Crippen LogP contribution in [-0.2, 0) is 9.47 Å². The molecule has 0 spiro atoms. The smallest absolute Gasteiger partial charge is 0.196 e. The van der Waals surface area contributed by atoms with Crippen molar-refractivity contribution in [1.82, 2.24) is 0 Å². The fraction of sp³-hybridized carbons (Fsp3) is 0.364. The number of hydrogen-bond donors (Lipinski definition) is 0. The first-order valence-corrected chi connectivity index (χ1v) is 4.87. The third-order valence-electron chi connectivity index (χ3n) is 2.30. The second kappa shape index (κ2) is 4.67. The molecule has 1 aromatic carbocycles. The molecule has 0 radical (unpaired) electrons. The van der Waals surface area contributed by atoms with Gasteiger partial charge in [-0.2, -0.15) is 0 Å². The van der Waals surface area contributed by atoms with Gasteiger partial charge in [0.05, 0.1) is 25.4 Å². The highest BCUT2D eigenvalue weighted by Gasteiger charge is 2.26. The van der Waals surface area contributed by atoms with E-state index in [1.54, 1.807) is 0 Å². The summed E-state index contributed by atoms with van der Waals surface area (Å²) in [5.41, 5.74) is -0.296. The molecule has 0 saturated carbocycles. The van der Waals surface area contributed by atoms with Gasteiger partial charge in [0.1, 0.15) is 17.7 Å². The Morgan fingerprint density at radius 1 is 1.31 bits per heavy atom. The predicted octanol–water partition coefficient (Wildman–Crippen LogP) is 1.56. The summed E-state index contributed by atoms with van der Waals surface area (Å²) in [7, 11) is 0. The first kappa shape index (κ1) is 11.2. The van der Waals surface area contributed by atoms with Crippen molar-refractivity contribution >= 4 is 5.78 Å². The monoisotopic (exact) mass is 228 g/mol. The van der Waals surface area contributed by atoms with Crippen LogP contribution < -0.4 is 0 Å². The minimum atomic E-state index is -0.843. The van der Waals surface area contributed by atoms with Crippen LogP contribution in [0.5, 0.6) is 0 Å². The zero-order valence-electron chi connectivity index (χ0n) is 8.41. The Bertz CT molecular complexity index is 400. The van der Waals surface area contributed by atoms with E-state index in [4.69, 9.17) is 9.47 Å². The van der Waals surface area contributed by atoms with E-state index >= 15 is 0 Å². The van der Waals surface area contributed by atoms with Crippen LogP contribution in [0.15, 0.2) is 18.2 Å². The van der Waals surface area contributed by atoms with Crippen LogP contribution in [0.3, 0.4) is 0 Å². The number of rotatable bonds is 2. The molecule has 16 heavy (non-hydrogen) atoms. The molecule has 1 saturated heterocycles. The molecule has 0 aliphatic carbocycles. The Hall–Kier alpha value is -1.33. The van der Waals surface area contributed by atoms with Gasteiger partial charge in [-0.25, -0.2) is 8.78 Å². The van der Waals surface area contributed by atoms with Crippen molar-refractivity contribution in [2.24, 2.45) is 0 Å². The van der Waals surface area contributed by atoms with Gasteiger partial charge >= 0.3 is 0 Å². The van der Waals surface area contributed by atoms with Gasteiger partial charge in [-0.3, -0.25) is 4.79 Å². The Balaban J connectivity index is 2.22. The molecule has 5 heteroatoms. The zero-order valence-corrected chi connectivity index (χ0v) is 8.41. The largest absolute Gasteiger partial charge is 0.376 e. The normalized spacial score (nSPS) is 20.8. The Kier molecular flexibility index (Phi) is 3.26. The van der Waals surface area contributed by atoms with Gasteiger partial charge in [0.15, 0.2) is 5.78 Å².